The average Bonchev–Trinajstić information content (AvgIpc) is 3.18. The first-order chi connectivity index (χ1) is 15.6. The van der Waals surface area contributed by atoms with Gasteiger partial charge in [-0.3, -0.25) is 9.59 Å². The van der Waals surface area contributed by atoms with E-state index in [1.165, 1.54) is 0 Å². The van der Waals surface area contributed by atoms with Crippen molar-refractivity contribution in [1.29, 1.82) is 0 Å². The van der Waals surface area contributed by atoms with Crippen LogP contribution in [0.3, 0.4) is 0 Å². The van der Waals surface area contributed by atoms with Crippen LogP contribution in [0.25, 0.3) is 21.7 Å². The van der Waals surface area contributed by atoms with E-state index < -0.39 is 0 Å². The molecule has 0 bridgehead atoms. The Morgan fingerprint density at radius 2 is 1.78 bits per heavy atom. The second kappa shape index (κ2) is 8.15. The Bertz CT molecular complexity index is 1330. The van der Waals surface area contributed by atoms with E-state index in [0.717, 1.165) is 45.8 Å². The van der Waals surface area contributed by atoms with Gasteiger partial charge in [-0.15, -0.1) is 0 Å². The Labute approximate surface area is 187 Å². The quantitative estimate of drug-likeness (QED) is 0.428. The summed E-state index contributed by atoms with van der Waals surface area (Å²) >= 11 is 0. The Morgan fingerprint density at radius 3 is 2.62 bits per heavy atom. The molecule has 2 heterocycles. The van der Waals surface area contributed by atoms with E-state index in [2.05, 4.69) is 0 Å². The van der Waals surface area contributed by atoms with Crippen LogP contribution in [0.1, 0.15) is 33.7 Å². The van der Waals surface area contributed by atoms with Gasteiger partial charge in [0.25, 0.3) is 5.91 Å². The molecule has 32 heavy (non-hydrogen) atoms. The molecule has 1 aliphatic rings. The molecule has 5 heteroatoms. The summed E-state index contributed by atoms with van der Waals surface area (Å²) in [6, 6.07) is 21.6. The Morgan fingerprint density at radius 1 is 0.969 bits per heavy atom. The molecule has 1 fully saturated rings. The molecule has 0 N–H and O–H groups in total. The normalized spacial score (nSPS) is 16.4. The molecular weight excluding hydrogens is 400 g/mol. The number of Topliss-reactive ketones (excluding diaryl/α,β-unsaturated/α-hetero) is 1. The number of carbonyl (C=O) groups is 2. The summed E-state index contributed by atoms with van der Waals surface area (Å²) in [5.41, 5.74) is 2.33. The van der Waals surface area contributed by atoms with Crippen molar-refractivity contribution in [2.75, 3.05) is 20.2 Å². The van der Waals surface area contributed by atoms with Crippen LogP contribution in [-0.2, 0) is 7.05 Å². The lowest BCUT2D eigenvalue weighted by molar-refractivity contribution is 0.0630. The number of rotatable bonds is 4. The summed E-state index contributed by atoms with van der Waals surface area (Å²) in [6.07, 6.45) is 1.63. The van der Waals surface area contributed by atoms with Crippen molar-refractivity contribution >= 4 is 33.4 Å². The van der Waals surface area contributed by atoms with Gasteiger partial charge in [0.15, 0.2) is 5.78 Å². The van der Waals surface area contributed by atoms with Gasteiger partial charge in [-0.1, -0.05) is 42.5 Å². The molecule has 0 aliphatic carbocycles. The van der Waals surface area contributed by atoms with Crippen LogP contribution in [0, 0.1) is 5.92 Å². The molecule has 1 saturated heterocycles. The molecule has 5 nitrogen and oxygen atoms in total. The largest absolute Gasteiger partial charge is 0.497 e. The Balaban J connectivity index is 1.41. The number of piperidine rings is 1. The summed E-state index contributed by atoms with van der Waals surface area (Å²) in [5, 5.41) is 3.04. The molecule has 162 valence electrons. The van der Waals surface area contributed by atoms with Gasteiger partial charge in [-0.05, 0) is 41.8 Å². The van der Waals surface area contributed by atoms with E-state index in [4.69, 9.17) is 4.74 Å². The van der Waals surface area contributed by atoms with Crippen LogP contribution in [0.2, 0.25) is 0 Å². The zero-order valence-electron chi connectivity index (χ0n) is 18.4. The first-order valence-corrected chi connectivity index (χ1v) is 11.0. The number of aryl methyl sites for hydroxylation is 1. The SMILES string of the molecule is COc1ccc2cc(C(=O)N3CCC[C@H](C(=O)c4cccc5ccccc45)C3)n(C)c2c1. The predicted octanol–water partition coefficient (Wildman–Crippen LogP) is 5.08. The number of amides is 1. The number of likely N-dealkylation sites (tertiary alicyclic amines) is 1. The van der Waals surface area contributed by atoms with Crippen molar-refractivity contribution < 1.29 is 14.3 Å². The van der Waals surface area contributed by atoms with E-state index in [0.29, 0.717) is 18.8 Å². The topological polar surface area (TPSA) is 51.5 Å². The van der Waals surface area contributed by atoms with Crippen molar-refractivity contribution in [2.45, 2.75) is 12.8 Å². The molecule has 1 amide bonds. The van der Waals surface area contributed by atoms with Gasteiger partial charge in [0.2, 0.25) is 0 Å². The third-order valence-corrected chi connectivity index (χ3v) is 6.61. The summed E-state index contributed by atoms with van der Waals surface area (Å²) in [6.45, 7) is 1.12. The van der Waals surface area contributed by atoms with Crippen molar-refractivity contribution in [3.8, 4) is 5.75 Å². The van der Waals surface area contributed by atoms with E-state index in [9.17, 15) is 9.59 Å². The summed E-state index contributed by atoms with van der Waals surface area (Å²) in [4.78, 5) is 28.7. The fourth-order valence-electron chi connectivity index (χ4n) is 4.84. The van der Waals surface area contributed by atoms with Gasteiger partial charge >= 0.3 is 0 Å². The number of nitrogens with zero attached hydrogens (tertiary/aromatic N) is 2. The van der Waals surface area contributed by atoms with Crippen LogP contribution in [0.5, 0.6) is 5.75 Å². The lowest BCUT2D eigenvalue weighted by Crippen LogP contribution is -2.42. The van der Waals surface area contributed by atoms with E-state index in [1.54, 1.807) is 7.11 Å². The molecule has 0 saturated carbocycles. The standard InChI is InChI=1S/C27H26N2O3/c1-28-24-16-21(32-2)13-12-19(24)15-25(28)27(31)29-14-6-9-20(17-29)26(30)23-11-5-8-18-7-3-4-10-22(18)23/h3-5,7-8,10-13,15-16,20H,6,9,14,17H2,1-2H3/t20-/m0/s1. The lowest BCUT2D eigenvalue weighted by Gasteiger charge is -2.32. The van der Waals surface area contributed by atoms with Crippen molar-refractivity contribution in [3.63, 3.8) is 0 Å². The number of hydrogen-bond acceptors (Lipinski definition) is 3. The number of benzene rings is 3. The number of aromatic nitrogens is 1. The predicted molar refractivity (Wildman–Crippen MR) is 126 cm³/mol. The third-order valence-electron chi connectivity index (χ3n) is 6.61. The smallest absolute Gasteiger partial charge is 0.270 e. The minimum atomic E-state index is -0.187. The minimum absolute atomic E-state index is 0.0295. The van der Waals surface area contributed by atoms with E-state index in [-0.39, 0.29) is 17.6 Å². The lowest BCUT2D eigenvalue weighted by atomic mass is 9.88. The number of ether oxygens (including phenoxy) is 1. The fraction of sp³-hybridized carbons (Fsp3) is 0.259. The highest BCUT2D eigenvalue weighted by atomic mass is 16.5. The van der Waals surface area contributed by atoms with Crippen LogP contribution < -0.4 is 4.74 Å². The highest BCUT2D eigenvalue weighted by Crippen LogP contribution is 2.28. The number of fused-ring (bicyclic) bond motifs is 2. The van der Waals surface area contributed by atoms with E-state index >= 15 is 0 Å². The van der Waals surface area contributed by atoms with Crippen molar-refractivity contribution in [3.05, 3.63) is 78.0 Å². The first-order valence-electron chi connectivity index (χ1n) is 11.0. The summed E-state index contributed by atoms with van der Waals surface area (Å²) in [5.74, 6) is 0.670. The number of ketones is 1. The third kappa shape index (κ3) is 3.44. The number of hydrogen-bond donors (Lipinski definition) is 0. The minimum Gasteiger partial charge on any atom is -0.497 e. The van der Waals surface area contributed by atoms with Gasteiger partial charge in [0.05, 0.1) is 12.6 Å². The highest BCUT2D eigenvalue weighted by molar-refractivity contribution is 6.09. The number of carbonyl (C=O) groups excluding carboxylic acids is 2. The van der Waals surface area contributed by atoms with Crippen molar-refractivity contribution in [2.24, 2.45) is 13.0 Å². The molecule has 0 spiro atoms. The van der Waals surface area contributed by atoms with Gasteiger partial charge < -0.3 is 14.2 Å². The molecule has 4 aromatic rings. The second-order valence-electron chi connectivity index (χ2n) is 8.49. The maximum Gasteiger partial charge on any atom is 0.270 e. The molecule has 0 unspecified atom stereocenters. The molecule has 3 aromatic carbocycles. The van der Waals surface area contributed by atoms with Crippen LogP contribution >= 0.6 is 0 Å². The van der Waals surface area contributed by atoms with Gasteiger partial charge in [0, 0.05) is 43.1 Å². The summed E-state index contributed by atoms with van der Waals surface area (Å²) in [7, 11) is 3.54. The van der Waals surface area contributed by atoms with Gasteiger partial charge in [-0.25, -0.2) is 0 Å². The molecule has 1 atom stereocenters. The Hall–Kier alpha value is -3.60. The molecule has 1 aliphatic heterocycles. The van der Waals surface area contributed by atoms with E-state index in [1.807, 2.05) is 83.2 Å². The molecule has 1 aromatic heterocycles. The van der Waals surface area contributed by atoms with Crippen LogP contribution in [0.15, 0.2) is 66.7 Å². The highest BCUT2D eigenvalue weighted by Gasteiger charge is 2.31. The zero-order valence-corrected chi connectivity index (χ0v) is 18.4. The first kappa shape index (κ1) is 20.3. The maximum atomic E-state index is 13.4. The zero-order chi connectivity index (χ0) is 22.2. The van der Waals surface area contributed by atoms with Crippen LogP contribution in [-0.4, -0.2) is 41.4 Å². The molecular formula is C27H26N2O3. The fourth-order valence-corrected chi connectivity index (χ4v) is 4.84. The Kier molecular flexibility index (Phi) is 5.17. The maximum absolute atomic E-state index is 13.4. The van der Waals surface area contributed by atoms with Crippen LogP contribution in [0.4, 0.5) is 0 Å². The van der Waals surface area contributed by atoms with Crippen molar-refractivity contribution in [1.82, 2.24) is 9.47 Å². The average molecular weight is 427 g/mol. The monoisotopic (exact) mass is 426 g/mol. The molecule has 5 rings (SSSR count). The number of methoxy groups -OCH3 is 1. The summed E-state index contributed by atoms with van der Waals surface area (Å²) < 4.78 is 7.24. The van der Waals surface area contributed by atoms with Gasteiger partial charge in [0.1, 0.15) is 11.4 Å². The second-order valence-corrected chi connectivity index (χ2v) is 8.49. The molecule has 0 radical (unpaired) electrons. The van der Waals surface area contributed by atoms with Gasteiger partial charge in [-0.2, -0.15) is 0 Å².